The maximum Gasteiger partial charge on any atom is 0.307 e. The lowest BCUT2D eigenvalue weighted by Gasteiger charge is -2.05. The molecule has 1 N–H and O–H groups in total. The molecule has 0 amide bonds. The molecular formula is C9H9F2NO2. The van der Waals surface area contributed by atoms with Crippen LogP contribution >= 0.6 is 0 Å². The summed E-state index contributed by atoms with van der Waals surface area (Å²) in [5, 5.41) is 8.45. The lowest BCUT2D eigenvalue weighted by molar-refractivity contribution is -0.136. The number of aryl methyl sites for hydroxylation is 1. The second-order valence-electron chi connectivity index (χ2n) is 2.89. The van der Waals surface area contributed by atoms with Gasteiger partial charge >= 0.3 is 5.97 Å². The van der Waals surface area contributed by atoms with Gasteiger partial charge in [0.05, 0.1) is 6.42 Å². The van der Waals surface area contributed by atoms with Gasteiger partial charge in [0, 0.05) is 17.5 Å². The first-order valence-corrected chi connectivity index (χ1v) is 3.96. The summed E-state index contributed by atoms with van der Waals surface area (Å²) in [6.45, 7) is 1.46. The summed E-state index contributed by atoms with van der Waals surface area (Å²) in [5.41, 5.74) is 0.316. The highest BCUT2D eigenvalue weighted by Gasteiger charge is 2.13. The van der Waals surface area contributed by atoms with E-state index in [0.29, 0.717) is 5.56 Å². The Morgan fingerprint density at radius 3 is 2.79 bits per heavy atom. The third kappa shape index (κ3) is 2.48. The van der Waals surface area contributed by atoms with Crippen LogP contribution < -0.4 is 0 Å². The molecule has 0 aromatic carbocycles. The molecule has 76 valence electrons. The number of carboxylic acids is 1. The van der Waals surface area contributed by atoms with Gasteiger partial charge in [-0.1, -0.05) is 0 Å². The van der Waals surface area contributed by atoms with Gasteiger partial charge in [0.15, 0.2) is 0 Å². The van der Waals surface area contributed by atoms with Gasteiger partial charge in [-0.3, -0.25) is 9.78 Å². The number of hydrogen-bond acceptors (Lipinski definition) is 2. The molecule has 0 aliphatic rings. The number of halogens is 2. The Morgan fingerprint density at radius 1 is 1.64 bits per heavy atom. The molecule has 0 saturated carbocycles. The normalized spacial score (nSPS) is 10.6. The molecule has 14 heavy (non-hydrogen) atoms. The van der Waals surface area contributed by atoms with Crippen molar-refractivity contribution in [2.24, 2.45) is 0 Å². The van der Waals surface area contributed by atoms with Crippen LogP contribution in [0.5, 0.6) is 0 Å². The Morgan fingerprint density at radius 2 is 2.29 bits per heavy atom. The highest BCUT2D eigenvalue weighted by molar-refractivity contribution is 5.70. The van der Waals surface area contributed by atoms with Crippen LogP contribution in [0.3, 0.4) is 0 Å². The fourth-order valence-electron chi connectivity index (χ4n) is 1.09. The standard InChI is InChI=1S/C9H9F2NO2/c1-5-7(9(10)11)2-6(4-12-5)3-8(13)14/h2,4,9H,3H2,1H3,(H,13,14). The summed E-state index contributed by atoms with van der Waals surface area (Å²) in [6.07, 6.45) is -1.60. The maximum atomic E-state index is 12.4. The molecule has 1 aromatic heterocycles. The summed E-state index contributed by atoms with van der Waals surface area (Å²) >= 11 is 0. The van der Waals surface area contributed by atoms with Crippen molar-refractivity contribution in [3.63, 3.8) is 0 Å². The number of alkyl halides is 2. The Hall–Kier alpha value is -1.52. The summed E-state index contributed by atoms with van der Waals surface area (Å²) in [7, 11) is 0. The molecule has 3 nitrogen and oxygen atoms in total. The predicted molar refractivity (Wildman–Crippen MR) is 45.3 cm³/mol. The van der Waals surface area contributed by atoms with E-state index in [1.165, 1.54) is 19.2 Å². The molecule has 1 aromatic rings. The van der Waals surface area contributed by atoms with E-state index in [-0.39, 0.29) is 17.7 Å². The van der Waals surface area contributed by atoms with Crippen LogP contribution in [0.2, 0.25) is 0 Å². The summed E-state index contributed by atoms with van der Waals surface area (Å²) < 4.78 is 24.7. The zero-order chi connectivity index (χ0) is 10.7. The topological polar surface area (TPSA) is 50.2 Å². The SMILES string of the molecule is Cc1ncc(CC(=O)O)cc1C(F)F. The van der Waals surface area contributed by atoms with Crippen molar-refractivity contribution in [3.05, 3.63) is 29.1 Å². The van der Waals surface area contributed by atoms with E-state index in [4.69, 9.17) is 5.11 Å². The molecule has 0 saturated heterocycles. The van der Waals surface area contributed by atoms with Crippen LogP contribution in [0.1, 0.15) is 23.2 Å². The van der Waals surface area contributed by atoms with Gasteiger partial charge in [0.2, 0.25) is 0 Å². The number of carbonyl (C=O) groups is 1. The zero-order valence-electron chi connectivity index (χ0n) is 7.50. The smallest absolute Gasteiger partial charge is 0.307 e. The molecule has 5 heteroatoms. The van der Waals surface area contributed by atoms with Crippen molar-refractivity contribution in [1.82, 2.24) is 4.98 Å². The highest BCUT2D eigenvalue weighted by atomic mass is 19.3. The fourth-order valence-corrected chi connectivity index (χ4v) is 1.09. The highest BCUT2D eigenvalue weighted by Crippen LogP contribution is 2.22. The fraction of sp³-hybridized carbons (Fsp3) is 0.333. The van der Waals surface area contributed by atoms with Gasteiger partial charge < -0.3 is 5.11 Å². The van der Waals surface area contributed by atoms with Crippen LogP contribution in [0, 0.1) is 6.92 Å². The number of pyridine rings is 1. The molecule has 1 heterocycles. The summed E-state index contributed by atoms with van der Waals surface area (Å²) in [6, 6.07) is 1.18. The van der Waals surface area contributed by atoms with Gasteiger partial charge in [-0.25, -0.2) is 8.78 Å². The van der Waals surface area contributed by atoms with Crippen molar-refractivity contribution in [3.8, 4) is 0 Å². The van der Waals surface area contributed by atoms with E-state index < -0.39 is 12.4 Å². The van der Waals surface area contributed by atoms with Crippen molar-refractivity contribution >= 4 is 5.97 Å². The lowest BCUT2D eigenvalue weighted by Crippen LogP contribution is -2.03. The predicted octanol–water partition coefficient (Wildman–Crippen LogP) is 1.95. The van der Waals surface area contributed by atoms with Crippen LogP contribution in [-0.4, -0.2) is 16.1 Å². The van der Waals surface area contributed by atoms with Crippen LogP contribution in [-0.2, 0) is 11.2 Å². The van der Waals surface area contributed by atoms with Gasteiger partial charge in [-0.15, -0.1) is 0 Å². The van der Waals surface area contributed by atoms with E-state index in [1.54, 1.807) is 0 Å². The molecule has 1 rings (SSSR count). The molecule has 0 spiro atoms. The van der Waals surface area contributed by atoms with E-state index >= 15 is 0 Å². The molecule has 0 bridgehead atoms. The number of aliphatic carboxylic acids is 1. The minimum absolute atomic E-state index is 0.205. The van der Waals surface area contributed by atoms with Crippen LogP contribution in [0.4, 0.5) is 8.78 Å². The third-order valence-corrected chi connectivity index (χ3v) is 1.77. The molecule has 0 aliphatic carbocycles. The number of rotatable bonds is 3. The maximum absolute atomic E-state index is 12.4. The Kier molecular flexibility index (Phi) is 3.11. The number of aromatic nitrogens is 1. The van der Waals surface area contributed by atoms with Gasteiger partial charge in [-0.2, -0.15) is 0 Å². The minimum atomic E-state index is -2.61. The number of nitrogens with zero attached hydrogens (tertiary/aromatic N) is 1. The van der Waals surface area contributed by atoms with E-state index in [9.17, 15) is 13.6 Å². The van der Waals surface area contributed by atoms with E-state index in [1.807, 2.05) is 0 Å². The molecule has 0 aliphatic heterocycles. The van der Waals surface area contributed by atoms with Crippen molar-refractivity contribution in [1.29, 1.82) is 0 Å². The monoisotopic (exact) mass is 201 g/mol. The second kappa shape index (κ2) is 4.13. The first-order chi connectivity index (χ1) is 6.50. The van der Waals surface area contributed by atoms with Crippen molar-refractivity contribution in [2.75, 3.05) is 0 Å². The van der Waals surface area contributed by atoms with Crippen molar-refractivity contribution < 1.29 is 18.7 Å². The number of hydrogen-bond donors (Lipinski definition) is 1. The summed E-state index contributed by atoms with van der Waals surface area (Å²) in [4.78, 5) is 14.0. The minimum Gasteiger partial charge on any atom is -0.481 e. The molecule has 0 unspecified atom stereocenters. The summed E-state index contributed by atoms with van der Waals surface area (Å²) in [5.74, 6) is -1.06. The molecular weight excluding hydrogens is 192 g/mol. The van der Waals surface area contributed by atoms with Gasteiger partial charge in [-0.05, 0) is 18.6 Å². The lowest BCUT2D eigenvalue weighted by atomic mass is 10.1. The molecule has 0 radical (unpaired) electrons. The number of carboxylic acid groups (broad SMARTS) is 1. The van der Waals surface area contributed by atoms with Crippen LogP contribution in [0.25, 0.3) is 0 Å². The van der Waals surface area contributed by atoms with Crippen molar-refractivity contribution in [2.45, 2.75) is 19.8 Å². The second-order valence-corrected chi connectivity index (χ2v) is 2.89. The largest absolute Gasteiger partial charge is 0.481 e. The molecule has 0 atom stereocenters. The van der Waals surface area contributed by atoms with Gasteiger partial charge in [0.1, 0.15) is 0 Å². The van der Waals surface area contributed by atoms with Gasteiger partial charge in [0.25, 0.3) is 6.43 Å². The Bertz CT molecular complexity index is 353. The molecule has 0 fully saturated rings. The first kappa shape index (κ1) is 10.6. The first-order valence-electron chi connectivity index (χ1n) is 3.96. The van der Waals surface area contributed by atoms with E-state index in [2.05, 4.69) is 4.98 Å². The average Bonchev–Trinajstić information content (AvgIpc) is 2.07. The Balaban J connectivity index is 3.00. The quantitative estimate of drug-likeness (QED) is 0.813. The average molecular weight is 201 g/mol. The van der Waals surface area contributed by atoms with Crippen LogP contribution in [0.15, 0.2) is 12.3 Å². The Labute approximate surface area is 79.4 Å². The zero-order valence-corrected chi connectivity index (χ0v) is 7.50. The van der Waals surface area contributed by atoms with E-state index in [0.717, 1.165) is 0 Å². The third-order valence-electron chi connectivity index (χ3n) is 1.77.